The molecule has 33 heavy (non-hydrogen) atoms. The summed E-state index contributed by atoms with van der Waals surface area (Å²) < 4.78 is 5.97. The van der Waals surface area contributed by atoms with Crippen LogP contribution in [0.15, 0.2) is 54.6 Å². The molecule has 0 saturated carbocycles. The Hall–Kier alpha value is -2.53. The van der Waals surface area contributed by atoms with Gasteiger partial charge in [0.25, 0.3) is 0 Å². The average molecular weight is 452 g/mol. The van der Waals surface area contributed by atoms with Gasteiger partial charge in [-0.05, 0) is 61.4 Å². The molecular weight excluding hydrogens is 410 g/mol. The Labute approximate surface area is 199 Å². The van der Waals surface area contributed by atoms with Gasteiger partial charge in [0, 0.05) is 31.4 Å². The molecule has 0 bridgehead atoms. The number of likely N-dealkylation sites (tertiary alicyclic amines) is 1. The predicted octanol–water partition coefficient (Wildman–Crippen LogP) is 5.24. The van der Waals surface area contributed by atoms with Crippen molar-refractivity contribution in [1.82, 2.24) is 4.90 Å². The first-order chi connectivity index (χ1) is 16.0. The molecule has 1 atom stereocenters. The van der Waals surface area contributed by atoms with Crippen molar-refractivity contribution in [3.05, 3.63) is 60.2 Å². The zero-order valence-corrected chi connectivity index (χ0v) is 20.6. The van der Waals surface area contributed by atoms with Crippen molar-refractivity contribution in [2.24, 2.45) is 11.7 Å². The molecule has 5 heteroatoms. The van der Waals surface area contributed by atoms with Gasteiger partial charge in [0.15, 0.2) is 0 Å². The molecule has 1 amide bonds. The molecule has 0 spiro atoms. The van der Waals surface area contributed by atoms with Crippen LogP contribution in [0.4, 0.5) is 5.69 Å². The highest BCUT2D eigenvalue weighted by Crippen LogP contribution is 2.27. The third-order valence-corrected chi connectivity index (χ3v) is 6.43. The minimum atomic E-state index is -0.374. The summed E-state index contributed by atoms with van der Waals surface area (Å²) in [5.74, 6) is 1.44. The molecule has 1 aliphatic rings. The van der Waals surface area contributed by atoms with E-state index in [1.54, 1.807) is 0 Å². The van der Waals surface area contributed by atoms with E-state index in [1.165, 1.54) is 11.3 Å². The fourth-order valence-electron chi connectivity index (χ4n) is 4.57. The van der Waals surface area contributed by atoms with Gasteiger partial charge < -0.3 is 20.3 Å². The Balaban J connectivity index is 1.58. The quantitative estimate of drug-likeness (QED) is 0.508. The van der Waals surface area contributed by atoms with Crippen LogP contribution >= 0.6 is 0 Å². The first kappa shape index (κ1) is 25.1. The summed E-state index contributed by atoms with van der Waals surface area (Å²) in [6.07, 6.45) is 5.03. The van der Waals surface area contributed by atoms with Gasteiger partial charge in [0.05, 0.1) is 6.04 Å². The molecule has 2 N–H and O–H groups in total. The molecule has 3 rings (SSSR count). The predicted molar refractivity (Wildman–Crippen MR) is 137 cm³/mol. The van der Waals surface area contributed by atoms with Gasteiger partial charge in [-0.1, -0.05) is 57.5 Å². The molecule has 2 aromatic rings. The lowest BCUT2D eigenvalue weighted by Gasteiger charge is -2.40. The lowest BCUT2D eigenvalue weighted by molar-refractivity contribution is -0.134. The molecule has 1 unspecified atom stereocenters. The van der Waals surface area contributed by atoms with E-state index in [2.05, 4.69) is 62.1 Å². The smallest absolute Gasteiger partial charge is 0.239 e. The monoisotopic (exact) mass is 451 g/mol. The first-order valence-electron chi connectivity index (χ1n) is 12.6. The minimum absolute atomic E-state index is 0.113. The Morgan fingerprint density at radius 1 is 1.09 bits per heavy atom. The van der Waals surface area contributed by atoms with Crippen LogP contribution in [-0.4, -0.2) is 42.5 Å². The van der Waals surface area contributed by atoms with Gasteiger partial charge in [-0.25, -0.2) is 0 Å². The third kappa shape index (κ3) is 7.50. The number of carbonyl (C=O) groups is 1. The van der Waals surface area contributed by atoms with Crippen molar-refractivity contribution in [2.75, 3.05) is 24.5 Å². The van der Waals surface area contributed by atoms with E-state index in [1.807, 2.05) is 23.1 Å². The molecule has 1 saturated heterocycles. The van der Waals surface area contributed by atoms with Crippen LogP contribution in [0.1, 0.15) is 58.4 Å². The van der Waals surface area contributed by atoms with Crippen molar-refractivity contribution in [3.63, 3.8) is 0 Å². The zero-order chi connectivity index (χ0) is 23.6. The fourth-order valence-corrected chi connectivity index (χ4v) is 4.57. The summed E-state index contributed by atoms with van der Waals surface area (Å²) in [4.78, 5) is 17.2. The normalized spacial score (nSPS) is 15.5. The van der Waals surface area contributed by atoms with Gasteiger partial charge >= 0.3 is 0 Å². The van der Waals surface area contributed by atoms with E-state index in [0.717, 1.165) is 57.5 Å². The number of anilines is 1. The summed E-state index contributed by atoms with van der Waals surface area (Å²) in [5, 5.41) is 0. The van der Waals surface area contributed by atoms with Gasteiger partial charge in [-0.15, -0.1) is 0 Å². The second kappa shape index (κ2) is 12.6. The highest BCUT2D eigenvalue weighted by atomic mass is 16.5. The molecule has 1 fully saturated rings. The highest BCUT2D eigenvalue weighted by Gasteiger charge is 2.29. The van der Waals surface area contributed by atoms with E-state index >= 15 is 0 Å². The summed E-state index contributed by atoms with van der Waals surface area (Å²) in [6, 6.07) is 18.8. The number of piperidine rings is 1. The number of hydrogen-bond acceptors (Lipinski definition) is 4. The van der Waals surface area contributed by atoms with Crippen LogP contribution < -0.4 is 15.4 Å². The average Bonchev–Trinajstić information content (AvgIpc) is 2.84. The molecule has 2 aromatic carbocycles. The van der Waals surface area contributed by atoms with E-state index < -0.39 is 0 Å². The molecule has 180 valence electrons. The maximum absolute atomic E-state index is 12.7. The Morgan fingerprint density at radius 2 is 1.76 bits per heavy atom. The van der Waals surface area contributed by atoms with Crippen LogP contribution in [0.5, 0.6) is 5.75 Å². The van der Waals surface area contributed by atoms with E-state index in [4.69, 9.17) is 10.5 Å². The standard InChI is InChI=1S/C28H41N3O2/c1-4-5-17-31(25-15-18-30(19-16-25)28(32)27(29)20-22(2)3)24-11-13-26(14-12-24)33-21-23-9-7-6-8-10-23/h6-14,22,25,27H,4-5,15-21,29H2,1-3H3. The van der Waals surface area contributed by atoms with Crippen molar-refractivity contribution >= 4 is 11.6 Å². The van der Waals surface area contributed by atoms with Gasteiger partial charge in [-0.3, -0.25) is 4.79 Å². The van der Waals surface area contributed by atoms with Crippen LogP contribution in [0, 0.1) is 5.92 Å². The van der Waals surface area contributed by atoms with Crippen LogP contribution in [0.3, 0.4) is 0 Å². The van der Waals surface area contributed by atoms with E-state index in [0.29, 0.717) is 18.6 Å². The number of nitrogens with two attached hydrogens (primary N) is 1. The molecular formula is C28H41N3O2. The molecule has 0 radical (unpaired) electrons. The number of unbranched alkanes of at least 4 members (excludes halogenated alkanes) is 1. The highest BCUT2D eigenvalue weighted by molar-refractivity contribution is 5.81. The van der Waals surface area contributed by atoms with Crippen molar-refractivity contribution in [2.45, 2.75) is 71.6 Å². The second-order valence-electron chi connectivity index (χ2n) is 9.61. The van der Waals surface area contributed by atoms with Gasteiger partial charge in [-0.2, -0.15) is 0 Å². The van der Waals surface area contributed by atoms with E-state index in [9.17, 15) is 4.79 Å². The van der Waals surface area contributed by atoms with Gasteiger partial charge in [0.1, 0.15) is 12.4 Å². The van der Waals surface area contributed by atoms with Crippen molar-refractivity contribution in [1.29, 1.82) is 0 Å². The van der Waals surface area contributed by atoms with Crippen molar-refractivity contribution in [3.8, 4) is 5.75 Å². The summed E-state index contributed by atoms with van der Waals surface area (Å²) in [6.45, 7) is 9.64. The number of benzene rings is 2. The lowest BCUT2D eigenvalue weighted by atomic mass is 9.99. The molecule has 1 heterocycles. The fraction of sp³-hybridized carbons (Fsp3) is 0.536. The topological polar surface area (TPSA) is 58.8 Å². The number of nitrogens with zero attached hydrogens (tertiary/aromatic N) is 2. The number of hydrogen-bond donors (Lipinski definition) is 1. The zero-order valence-electron chi connectivity index (χ0n) is 20.6. The van der Waals surface area contributed by atoms with Gasteiger partial charge in [0.2, 0.25) is 5.91 Å². The number of ether oxygens (including phenoxy) is 1. The summed E-state index contributed by atoms with van der Waals surface area (Å²) >= 11 is 0. The molecule has 0 aromatic heterocycles. The second-order valence-corrected chi connectivity index (χ2v) is 9.61. The van der Waals surface area contributed by atoms with Crippen LogP contribution in [0.25, 0.3) is 0 Å². The molecule has 1 aliphatic heterocycles. The number of rotatable bonds is 11. The Bertz CT molecular complexity index is 830. The lowest BCUT2D eigenvalue weighted by Crippen LogP contribution is -2.51. The first-order valence-corrected chi connectivity index (χ1v) is 12.6. The summed E-state index contributed by atoms with van der Waals surface area (Å²) in [7, 11) is 0. The molecule has 0 aliphatic carbocycles. The SMILES string of the molecule is CCCCN(c1ccc(OCc2ccccc2)cc1)C1CCN(C(=O)C(N)CC(C)C)CC1. The maximum atomic E-state index is 12.7. The Kier molecular flexibility index (Phi) is 9.61. The largest absolute Gasteiger partial charge is 0.489 e. The molecule has 5 nitrogen and oxygen atoms in total. The van der Waals surface area contributed by atoms with Crippen molar-refractivity contribution < 1.29 is 9.53 Å². The number of amides is 1. The number of carbonyl (C=O) groups excluding carboxylic acids is 1. The van der Waals surface area contributed by atoms with Crippen LogP contribution in [0.2, 0.25) is 0 Å². The van der Waals surface area contributed by atoms with E-state index in [-0.39, 0.29) is 11.9 Å². The Morgan fingerprint density at radius 3 is 2.36 bits per heavy atom. The minimum Gasteiger partial charge on any atom is -0.489 e. The van der Waals surface area contributed by atoms with Crippen LogP contribution in [-0.2, 0) is 11.4 Å². The third-order valence-electron chi connectivity index (χ3n) is 6.43. The summed E-state index contributed by atoms with van der Waals surface area (Å²) in [5.41, 5.74) is 8.56. The maximum Gasteiger partial charge on any atom is 0.239 e.